The Kier molecular flexibility index (Phi) is 3.09. The van der Waals surface area contributed by atoms with Gasteiger partial charge in [-0.25, -0.2) is 9.36 Å². The van der Waals surface area contributed by atoms with Gasteiger partial charge >= 0.3 is 13.8 Å². The summed E-state index contributed by atoms with van der Waals surface area (Å²) in [6, 6.07) is 9.00. The van der Waals surface area contributed by atoms with Crippen LogP contribution in [0.15, 0.2) is 36.4 Å². The van der Waals surface area contributed by atoms with Gasteiger partial charge < -0.3 is 9.63 Å². The van der Waals surface area contributed by atoms with Crippen molar-refractivity contribution in [2.75, 3.05) is 0 Å². The zero-order valence-corrected chi connectivity index (χ0v) is 9.87. The maximum Gasteiger partial charge on any atom is 0.524 e. The van der Waals surface area contributed by atoms with E-state index >= 15 is 0 Å². The van der Waals surface area contributed by atoms with E-state index in [9.17, 15) is 9.36 Å². The number of aromatic carboxylic acids is 1. The van der Waals surface area contributed by atoms with Gasteiger partial charge in [0, 0.05) is 5.39 Å². The lowest BCUT2D eigenvalue weighted by Gasteiger charge is -2.11. The Balaban J connectivity index is 2.74. The number of carboxylic acids is 1. The molecule has 2 aromatic rings. The average molecular weight is 268 g/mol. The molecular formula is C11H9O6P. The molecule has 0 bridgehead atoms. The van der Waals surface area contributed by atoms with Crippen LogP contribution in [0.25, 0.3) is 10.8 Å². The van der Waals surface area contributed by atoms with Crippen LogP contribution in [0.4, 0.5) is 0 Å². The SMILES string of the molecule is O=C(O)c1cccc2cccc(OP(=O)(O)O)c12. The van der Waals surface area contributed by atoms with E-state index in [0.717, 1.165) is 0 Å². The number of carbonyl (C=O) groups is 1. The highest BCUT2D eigenvalue weighted by molar-refractivity contribution is 7.46. The number of phosphoric acid groups is 1. The summed E-state index contributed by atoms with van der Waals surface area (Å²) >= 11 is 0. The van der Waals surface area contributed by atoms with Gasteiger partial charge in [0.15, 0.2) is 0 Å². The minimum atomic E-state index is -4.73. The number of hydrogen-bond acceptors (Lipinski definition) is 3. The number of carboxylic acid groups (broad SMARTS) is 1. The van der Waals surface area contributed by atoms with Crippen LogP contribution in [-0.2, 0) is 4.57 Å². The van der Waals surface area contributed by atoms with E-state index in [1.165, 1.54) is 18.2 Å². The summed E-state index contributed by atoms with van der Waals surface area (Å²) in [4.78, 5) is 28.7. The van der Waals surface area contributed by atoms with Crippen LogP contribution in [0, 0.1) is 0 Å². The van der Waals surface area contributed by atoms with E-state index in [0.29, 0.717) is 5.39 Å². The van der Waals surface area contributed by atoms with Gasteiger partial charge in [-0.05, 0) is 17.5 Å². The molecule has 0 spiro atoms. The Hall–Kier alpha value is -1.88. The highest BCUT2D eigenvalue weighted by Gasteiger charge is 2.20. The van der Waals surface area contributed by atoms with Gasteiger partial charge in [0.2, 0.25) is 0 Å². The van der Waals surface area contributed by atoms with Crippen LogP contribution in [0.5, 0.6) is 5.75 Å². The Bertz CT molecular complexity index is 654. The van der Waals surface area contributed by atoms with E-state index < -0.39 is 13.8 Å². The van der Waals surface area contributed by atoms with Gasteiger partial charge in [-0.2, -0.15) is 0 Å². The maximum atomic E-state index is 11.1. The summed E-state index contributed by atoms with van der Waals surface area (Å²) in [6.07, 6.45) is 0. The zero-order valence-electron chi connectivity index (χ0n) is 8.98. The zero-order chi connectivity index (χ0) is 13.3. The Morgan fingerprint density at radius 1 is 1.11 bits per heavy atom. The number of phosphoric ester groups is 1. The standard InChI is InChI=1S/C11H9O6P/c12-11(13)8-5-1-3-7-4-2-6-9(10(7)8)17-18(14,15)16/h1-6H,(H,12,13)(H2,14,15,16). The van der Waals surface area contributed by atoms with Crippen LogP contribution in [0.1, 0.15) is 10.4 Å². The van der Waals surface area contributed by atoms with Gasteiger partial charge in [-0.1, -0.05) is 24.3 Å². The van der Waals surface area contributed by atoms with E-state index in [2.05, 4.69) is 4.52 Å². The van der Waals surface area contributed by atoms with Gasteiger partial charge in [-0.15, -0.1) is 0 Å². The molecule has 0 atom stereocenters. The molecule has 0 aromatic heterocycles. The summed E-state index contributed by atoms with van der Waals surface area (Å²) in [7, 11) is -4.73. The van der Waals surface area contributed by atoms with Crippen LogP contribution in [0.2, 0.25) is 0 Å². The van der Waals surface area contributed by atoms with E-state index in [-0.39, 0.29) is 16.7 Å². The summed E-state index contributed by atoms with van der Waals surface area (Å²) in [5.41, 5.74) is -0.0726. The van der Waals surface area contributed by atoms with E-state index in [1.54, 1.807) is 18.2 Å². The summed E-state index contributed by atoms with van der Waals surface area (Å²) in [6.45, 7) is 0. The van der Waals surface area contributed by atoms with E-state index in [4.69, 9.17) is 14.9 Å². The summed E-state index contributed by atoms with van der Waals surface area (Å²) in [5.74, 6) is -1.35. The van der Waals surface area contributed by atoms with Crippen molar-refractivity contribution in [3.05, 3.63) is 42.0 Å². The molecule has 18 heavy (non-hydrogen) atoms. The molecule has 0 saturated carbocycles. The van der Waals surface area contributed by atoms with Crippen molar-refractivity contribution in [1.82, 2.24) is 0 Å². The van der Waals surface area contributed by atoms with Crippen molar-refractivity contribution in [2.45, 2.75) is 0 Å². The molecule has 0 aliphatic carbocycles. The summed E-state index contributed by atoms with van der Waals surface area (Å²) in [5, 5.41) is 9.75. The van der Waals surface area contributed by atoms with Crippen molar-refractivity contribution < 1.29 is 28.8 Å². The van der Waals surface area contributed by atoms with Gasteiger partial charge in [0.1, 0.15) is 5.75 Å². The second kappa shape index (κ2) is 4.42. The first kappa shape index (κ1) is 12.6. The predicted octanol–water partition coefficient (Wildman–Crippen LogP) is 2.01. The molecule has 2 aromatic carbocycles. The molecule has 2 rings (SSSR count). The monoisotopic (exact) mass is 268 g/mol. The number of rotatable bonds is 3. The molecule has 0 unspecified atom stereocenters. The van der Waals surface area contributed by atoms with Crippen molar-refractivity contribution >= 4 is 24.6 Å². The van der Waals surface area contributed by atoms with E-state index in [1.807, 2.05) is 0 Å². The molecule has 94 valence electrons. The minimum Gasteiger partial charge on any atom is -0.478 e. The fraction of sp³-hybridized carbons (Fsp3) is 0. The van der Waals surface area contributed by atoms with Crippen molar-refractivity contribution in [2.24, 2.45) is 0 Å². The lowest BCUT2D eigenvalue weighted by molar-refractivity contribution is 0.0698. The molecule has 0 aliphatic rings. The predicted molar refractivity (Wildman–Crippen MR) is 63.6 cm³/mol. The van der Waals surface area contributed by atoms with Crippen LogP contribution >= 0.6 is 7.82 Å². The molecule has 0 aliphatic heterocycles. The third-order valence-corrected chi connectivity index (χ3v) is 2.75. The Morgan fingerprint density at radius 3 is 2.28 bits per heavy atom. The quantitative estimate of drug-likeness (QED) is 0.735. The lowest BCUT2D eigenvalue weighted by atomic mass is 10.0. The molecule has 3 N–H and O–H groups in total. The number of benzene rings is 2. The normalized spacial score (nSPS) is 11.4. The largest absolute Gasteiger partial charge is 0.524 e. The Labute approximate surface area is 102 Å². The van der Waals surface area contributed by atoms with Gasteiger partial charge in [0.25, 0.3) is 0 Å². The van der Waals surface area contributed by atoms with Gasteiger partial charge in [0.05, 0.1) is 5.56 Å². The third kappa shape index (κ3) is 2.51. The third-order valence-electron chi connectivity index (χ3n) is 2.31. The van der Waals surface area contributed by atoms with Crippen molar-refractivity contribution in [3.63, 3.8) is 0 Å². The molecule has 0 saturated heterocycles. The van der Waals surface area contributed by atoms with Crippen LogP contribution in [0.3, 0.4) is 0 Å². The smallest absolute Gasteiger partial charge is 0.478 e. The van der Waals surface area contributed by atoms with Crippen LogP contribution < -0.4 is 4.52 Å². The van der Waals surface area contributed by atoms with Crippen molar-refractivity contribution in [3.8, 4) is 5.75 Å². The highest BCUT2D eigenvalue weighted by Crippen LogP contribution is 2.41. The molecule has 0 amide bonds. The molecule has 0 radical (unpaired) electrons. The van der Waals surface area contributed by atoms with Crippen molar-refractivity contribution in [1.29, 1.82) is 0 Å². The molecule has 0 fully saturated rings. The maximum absolute atomic E-state index is 11.1. The summed E-state index contributed by atoms with van der Waals surface area (Å²) < 4.78 is 15.4. The molecule has 6 nitrogen and oxygen atoms in total. The first-order chi connectivity index (χ1) is 8.38. The number of hydrogen-bond donors (Lipinski definition) is 3. The minimum absolute atomic E-state index is 0.0726. The fourth-order valence-electron chi connectivity index (χ4n) is 1.69. The first-order valence-electron chi connectivity index (χ1n) is 4.89. The average Bonchev–Trinajstić information content (AvgIpc) is 2.26. The topological polar surface area (TPSA) is 104 Å². The molecular weight excluding hydrogens is 259 g/mol. The molecule has 0 heterocycles. The van der Waals surface area contributed by atoms with Crippen LogP contribution in [-0.4, -0.2) is 20.9 Å². The second-order valence-electron chi connectivity index (χ2n) is 3.55. The first-order valence-corrected chi connectivity index (χ1v) is 6.42. The number of fused-ring (bicyclic) bond motifs is 1. The fourth-order valence-corrected chi connectivity index (χ4v) is 2.10. The second-order valence-corrected chi connectivity index (χ2v) is 4.71. The molecule has 7 heteroatoms. The van der Waals surface area contributed by atoms with Gasteiger partial charge in [-0.3, -0.25) is 9.79 Å². The Morgan fingerprint density at radius 2 is 1.72 bits per heavy atom. The highest BCUT2D eigenvalue weighted by atomic mass is 31.2. The lowest BCUT2D eigenvalue weighted by Crippen LogP contribution is -1.99.